The molecule has 0 unspecified atom stereocenters. The van der Waals surface area contributed by atoms with E-state index in [4.69, 9.17) is 4.74 Å². The summed E-state index contributed by atoms with van der Waals surface area (Å²) in [6.45, 7) is 1.52. The number of thioether (sulfide) groups is 1. The Balaban J connectivity index is 1.75. The van der Waals surface area contributed by atoms with Gasteiger partial charge in [-0.1, -0.05) is 23.9 Å². The van der Waals surface area contributed by atoms with Crippen molar-refractivity contribution in [3.05, 3.63) is 41.7 Å². The molecule has 0 fully saturated rings. The van der Waals surface area contributed by atoms with Gasteiger partial charge in [-0.2, -0.15) is 0 Å². The molecule has 2 heterocycles. The van der Waals surface area contributed by atoms with Gasteiger partial charge in [-0.15, -0.1) is 21.5 Å². The second-order valence-corrected chi connectivity index (χ2v) is 6.92. The zero-order valence-electron chi connectivity index (χ0n) is 14.0. The van der Waals surface area contributed by atoms with Crippen molar-refractivity contribution in [1.29, 1.82) is 0 Å². The van der Waals surface area contributed by atoms with Gasteiger partial charge in [0.2, 0.25) is 5.91 Å². The van der Waals surface area contributed by atoms with Crippen molar-refractivity contribution in [2.45, 2.75) is 17.8 Å². The summed E-state index contributed by atoms with van der Waals surface area (Å²) in [7, 11) is 3.36. The van der Waals surface area contributed by atoms with Gasteiger partial charge in [0.1, 0.15) is 12.1 Å². The molecule has 0 spiro atoms. The van der Waals surface area contributed by atoms with E-state index in [0.29, 0.717) is 10.9 Å². The van der Waals surface area contributed by atoms with Crippen LogP contribution in [0.3, 0.4) is 0 Å². The number of benzene rings is 1. The number of methoxy groups -OCH3 is 1. The molecule has 0 aliphatic heterocycles. The number of hydrogen-bond acceptors (Lipinski definition) is 7. The second-order valence-electron chi connectivity index (χ2n) is 5.14. The summed E-state index contributed by atoms with van der Waals surface area (Å²) in [5.41, 5.74) is 1.78. The Morgan fingerprint density at radius 3 is 2.96 bits per heavy atom. The zero-order valence-corrected chi connectivity index (χ0v) is 15.7. The minimum atomic E-state index is -0.0375. The van der Waals surface area contributed by atoms with E-state index in [1.807, 2.05) is 34.2 Å². The Kier molecular flexibility index (Phi) is 5.34. The first-order chi connectivity index (χ1) is 12.1. The summed E-state index contributed by atoms with van der Waals surface area (Å²) in [4.78, 5) is 17.4. The quantitative estimate of drug-likeness (QED) is 0.617. The summed E-state index contributed by atoms with van der Waals surface area (Å²) in [6, 6.07) is 7.71. The minimum Gasteiger partial charge on any atom is -0.495 e. The highest BCUT2D eigenvalue weighted by molar-refractivity contribution is 7.98. The normalized spacial score (nSPS) is 10.7. The van der Waals surface area contributed by atoms with E-state index < -0.39 is 0 Å². The van der Waals surface area contributed by atoms with Crippen LogP contribution in [0.2, 0.25) is 0 Å². The van der Waals surface area contributed by atoms with Crippen molar-refractivity contribution in [3.8, 4) is 11.4 Å². The molecule has 130 valence electrons. The lowest BCUT2D eigenvalue weighted by atomic mass is 10.3. The lowest BCUT2D eigenvalue weighted by Crippen LogP contribution is -2.22. The van der Waals surface area contributed by atoms with Crippen LogP contribution in [0.1, 0.15) is 12.6 Å². The SMILES string of the molecule is COc1ccccc1-n1cnnc1SCc1csc(N(C)C(C)=O)n1. The molecule has 0 radical (unpaired) electrons. The van der Waals surface area contributed by atoms with Crippen molar-refractivity contribution < 1.29 is 9.53 Å². The molecule has 25 heavy (non-hydrogen) atoms. The highest BCUT2D eigenvalue weighted by atomic mass is 32.2. The molecule has 0 saturated heterocycles. The molecule has 3 aromatic rings. The average molecular weight is 375 g/mol. The van der Waals surface area contributed by atoms with Gasteiger partial charge in [0.05, 0.1) is 18.5 Å². The summed E-state index contributed by atoms with van der Waals surface area (Å²) in [5, 5.41) is 11.6. The monoisotopic (exact) mass is 375 g/mol. The van der Waals surface area contributed by atoms with Crippen LogP contribution in [0.4, 0.5) is 5.13 Å². The maximum atomic E-state index is 11.4. The Morgan fingerprint density at radius 2 is 2.20 bits per heavy atom. The number of para-hydroxylation sites is 2. The number of carbonyl (C=O) groups is 1. The van der Waals surface area contributed by atoms with Gasteiger partial charge in [0, 0.05) is 25.1 Å². The first-order valence-electron chi connectivity index (χ1n) is 7.45. The van der Waals surface area contributed by atoms with Crippen molar-refractivity contribution in [2.75, 3.05) is 19.1 Å². The van der Waals surface area contributed by atoms with Gasteiger partial charge in [0.15, 0.2) is 10.3 Å². The number of aromatic nitrogens is 4. The van der Waals surface area contributed by atoms with Gasteiger partial charge in [0.25, 0.3) is 0 Å². The van der Waals surface area contributed by atoms with Crippen molar-refractivity contribution in [2.24, 2.45) is 0 Å². The Bertz CT molecular complexity index is 877. The lowest BCUT2D eigenvalue weighted by Gasteiger charge is -2.10. The van der Waals surface area contributed by atoms with Crippen molar-refractivity contribution in [3.63, 3.8) is 0 Å². The lowest BCUT2D eigenvalue weighted by molar-refractivity contribution is -0.116. The number of thiazole rings is 1. The maximum absolute atomic E-state index is 11.4. The number of carbonyl (C=O) groups excluding carboxylic acids is 1. The summed E-state index contributed by atoms with van der Waals surface area (Å²) in [5.74, 6) is 1.35. The smallest absolute Gasteiger partial charge is 0.225 e. The number of amides is 1. The fraction of sp³-hybridized carbons (Fsp3) is 0.250. The van der Waals surface area contributed by atoms with E-state index in [2.05, 4.69) is 15.2 Å². The van der Waals surface area contributed by atoms with Crippen LogP contribution < -0.4 is 9.64 Å². The molecular weight excluding hydrogens is 358 g/mol. The molecule has 0 N–H and O–H groups in total. The molecule has 0 aliphatic carbocycles. The number of nitrogens with zero attached hydrogens (tertiary/aromatic N) is 5. The highest BCUT2D eigenvalue weighted by Gasteiger charge is 2.14. The molecule has 0 saturated carbocycles. The van der Waals surface area contributed by atoms with Gasteiger partial charge in [-0.25, -0.2) is 4.98 Å². The van der Waals surface area contributed by atoms with Crippen LogP contribution in [-0.2, 0) is 10.5 Å². The molecule has 3 rings (SSSR count). The van der Waals surface area contributed by atoms with Crippen LogP contribution in [0.5, 0.6) is 5.75 Å². The zero-order chi connectivity index (χ0) is 17.8. The van der Waals surface area contributed by atoms with E-state index >= 15 is 0 Å². The fourth-order valence-electron chi connectivity index (χ4n) is 2.11. The second kappa shape index (κ2) is 7.66. The molecule has 1 aromatic carbocycles. The van der Waals surface area contributed by atoms with Crippen LogP contribution >= 0.6 is 23.1 Å². The third-order valence-corrected chi connectivity index (χ3v) is 5.45. The molecular formula is C16H17N5O2S2. The third kappa shape index (κ3) is 3.83. The van der Waals surface area contributed by atoms with Crippen LogP contribution in [-0.4, -0.2) is 39.8 Å². The number of rotatable bonds is 6. The topological polar surface area (TPSA) is 73.1 Å². The standard InChI is InChI=1S/C16H17N5O2S2/c1-11(22)20(2)15-18-12(8-24-15)9-25-16-19-17-10-21(16)13-6-4-5-7-14(13)23-3/h4-8,10H,9H2,1-3H3. The molecule has 1 amide bonds. The summed E-state index contributed by atoms with van der Waals surface area (Å²) < 4.78 is 7.29. The van der Waals surface area contributed by atoms with Gasteiger partial charge in [-0.3, -0.25) is 14.3 Å². The van der Waals surface area contributed by atoms with Gasteiger partial charge in [-0.05, 0) is 12.1 Å². The largest absolute Gasteiger partial charge is 0.495 e. The molecule has 2 aromatic heterocycles. The van der Waals surface area contributed by atoms with E-state index in [1.165, 1.54) is 34.9 Å². The molecule has 0 atom stereocenters. The fourth-order valence-corrected chi connectivity index (χ4v) is 3.86. The third-order valence-electron chi connectivity index (χ3n) is 3.51. The number of anilines is 1. The average Bonchev–Trinajstić information content (AvgIpc) is 3.28. The molecule has 7 nitrogen and oxygen atoms in total. The Morgan fingerprint density at radius 1 is 1.40 bits per heavy atom. The molecule has 9 heteroatoms. The van der Waals surface area contributed by atoms with Crippen molar-refractivity contribution in [1.82, 2.24) is 19.7 Å². The predicted octanol–water partition coefficient (Wildman–Crippen LogP) is 3.01. The minimum absolute atomic E-state index is 0.0375. The Labute approximate surface area is 153 Å². The number of ether oxygens (including phenoxy) is 1. The maximum Gasteiger partial charge on any atom is 0.225 e. The van der Waals surface area contributed by atoms with Crippen LogP contribution in [0.15, 0.2) is 41.1 Å². The first-order valence-corrected chi connectivity index (χ1v) is 9.31. The van der Waals surface area contributed by atoms with Crippen LogP contribution in [0, 0.1) is 0 Å². The van der Waals surface area contributed by atoms with E-state index in [9.17, 15) is 4.79 Å². The first kappa shape index (κ1) is 17.4. The summed E-state index contributed by atoms with van der Waals surface area (Å²) >= 11 is 2.98. The van der Waals surface area contributed by atoms with Crippen molar-refractivity contribution >= 4 is 34.1 Å². The summed E-state index contributed by atoms with van der Waals surface area (Å²) in [6.07, 6.45) is 1.66. The highest BCUT2D eigenvalue weighted by Crippen LogP contribution is 2.29. The Hall–Kier alpha value is -2.39. The van der Waals surface area contributed by atoms with Crippen LogP contribution in [0.25, 0.3) is 5.69 Å². The van der Waals surface area contributed by atoms with E-state index in [1.54, 1.807) is 20.5 Å². The van der Waals surface area contributed by atoms with Gasteiger partial charge >= 0.3 is 0 Å². The molecule has 0 bridgehead atoms. The van der Waals surface area contributed by atoms with E-state index in [0.717, 1.165) is 22.3 Å². The predicted molar refractivity (Wildman–Crippen MR) is 98.7 cm³/mol. The van der Waals surface area contributed by atoms with Gasteiger partial charge < -0.3 is 4.74 Å². The molecule has 0 aliphatic rings. The van der Waals surface area contributed by atoms with E-state index in [-0.39, 0.29) is 5.91 Å². The number of hydrogen-bond donors (Lipinski definition) is 0.